The average molecular weight is 948 g/mol. The molecule has 0 amide bonds. The first kappa shape index (κ1) is 65.4. The van der Waals surface area contributed by atoms with Crippen molar-refractivity contribution in [1.82, 2.24) is 0 Å². The zero-order valence-electron chi connectivity index (χ0n) is 45.9. The van der Waals surface area contributed by atoms with E-state index >= 15 is 0 Å². The van der Waals surface area contributed by atoms with Crippen LogP contribution >= 0.6 is 0 Å². The van der Waals surface area contributed by atoms with Crippen LogP contribution in [0.1, 0.15) is 349 Å². The van der Waals surface area contributed by atoms with Crippen molar-refractivity contribution in [3.63, 3.8) is 0 Å². The summed E-state index contributed by atoms with van der Waals surface area (Å²) in [5.41, 5.74) is 0. The van der Waals surface area contributed by atoms with E-state index in [0.29, 0.717) is 19.3 Å². The Labute approximate surface area is 418 Å². The van der Waals surface area contributed by atoms with Crippen molar-refractivity contribution < 1.29 is 28.6 Å². The number of unbranched alkanes of at least 4 members (excludes halogenated alkanes) is 42. The summed E-state index contributed by atoms with van der Waals surface area (Å²) in [5, 5.41) is 0. The Bertz CT molecular complexity index is 1010. The van der Waals surface area contributed by atoms with Gasteiger partial charge in [0, 0.05) is 19.3 Å². The lowest BCUT2D eigenvalue weighted by Gasteiger charge is -2.18. The topological polar surface area (TPSA) is 78.9 Å². The molecule has 0 aliphatic carbocycles. The third kappa shape index (κ3) is 53.6. The lowest BCUT2D eigenvalue weighted by Crippen LogP contribution is -2.30. The molecule has 0 heterocycles. The Kier molecular flexibility index (Phi) is 54.0. The first-order valence-corrected chi connectivity index (χ1v) is 30.4. The van der Waals surface area contributed by atoms with Crippen molar-refractivity contribution in [2.75, 3.05) is 13.2 Å². The van der Waals surface area contributed by atoms with Crippen LogP contribution in [0.15, 0.2) is 0 Å². The van der Waals surface area contributed by atoms with Crippen LogP contribution in [0.25, 0.3) is 0 Å². The molecule has 6 nitrogen and oxygen atoms in total. The van der Waals surface area contributed by atoms with Gasteiger partial charge in [0.15, 0.2) is 6.10 Å². The fourth-order valence-corrected chi connectivity index (χ4v) is 9.42. The molecule has 2 atom stereocenters. The van der Waals surface area contributed by atoms with Gasteiger partial charge < -0.3 is 14.2 Å². The predicted octanol–water partition coefficient (Wildman–Crippen LogP) is 20.2. The molecule has 6 heteroatoms. The summed E-state index contributed by atoms with van der Waals surface area (Å²) in [6.07, 6.45) is 60.9. The zero-order valence-corrected chi connectivity index (χ0v) is 45.9. The molecule has 398 valence electrons. The number of ether oxygens (including phenoxy) is 3. The van der Waals surface area contributed by atoms with Crippen molar-refractivity contribution in [2.45, 2.75) is 355 Å². The quantitative estimate of drug-likeness (QED) is 0.0343. The van der Waals surface area contributed by atoms with Gasteiger partial charge in [0.2, 0.25) is 0 Å². The molecule has 0 saturated heterocycles. The Hall–Kier alpha value is -1.59. The van der Waals surface area contributed by atoms with E-state index in [-0.39, 0.29) is 31.1 Å². The second-order valence-electron chi connectivity index (χ2n) is 21.2. The predicted molar refractivity (Wildman–Crippen MR) is 289 cm³/mol. The third-order valence-corrected chi connectivity index (χ3v) is 14.4. The van der Waals surface area contributed by atoms with Crippen molar-refractivity contribution in [2.24, 2.45) is 5.92 Å². The minimum absolute atomic E-state index is 0.0617. The molecule has 0 aromatic carbocycles. The molecule has 0 rings (SSSR count). The van der Waals surface area contributed by atoms with Crippen LogP contribution in [0.3, 0.4) is 0 Å². The lowest BCUT2D eigenvalue weighted by molar-refractivity contribution is -0.167. The summed E-state index contributed by atoms with van der Waals surface area (Å²) in [5.74, 6) is 0.0370. The van der Waals surface area contributed by atoms with Crippen molar-refractivity contribution in [3.05, 3.63) is 0 Å². The molecule has 0 aromatic rings. The van der Waals surface area contributed by atoms with E-state index in [4.69, 9.17) is 14.2 Å². The monoisotopic (exact) mass is 947 g/mol. The van der Waals surface area contributed by atoms with Gasteiger partial charge in [-0.05, 0) is 25.2 Å². The Morgan fingerprint density at radius 3 is 0.776 bits per heavy atom. The molecular weight excluding hydrogens is 829 g/mol. The second kappa shape index (κ2) is 55.3. The molecule has 0 aliphatic rings. The van der Waals surface area contributed by atoms with Crippen LogP contribution < -0.4 is 0 Å². The highest BCUT2D eigenvalue weighted by atomic mass is 16.6. The SMILES string of the molecule is CCCCCCCCCCCCCCCCCCCCCC(=O)OC[C@@H](COC(=O)CCCCCCCCCCCCC(C)CC)OC(=O)CCCCCCCCCCCCCCCCCC. The van der Waals surface area contributed by atoms with Crippen molar-refractivity contribution in [3.8, 4) is 0 Å². The van der Waals surface area contributed by atoms with E-state index in [1.54, 1.807) is 0 Å². The maximum absolute atomic E-state index is 12.9. The van der Waals surface area contributed by atoms with Crippen LogP contribution in [-0.4, -0.2) is 37.2 Å². The van der Waals surface area contributed by atoms with Gasteiger partial charge >= 0.3 is 17.9 Å². The summed E-state index contributed by atoms with van der Waals surface area (Å²) >= 11 is 0. The summed E-state index contributed by atoms with van der Waals surface area (Å²) in [6, 6.07) is 0. The highest BCUT2D eigenvalue weighted by Gasteiger charge is 2.19. The highest BCUT2D eigenvalue weighted by molar-refractivity contribution is 5.71. The van der Waals surface area contributed by atoms with Crippen LogP contribution in [0, 0.1) is 5.92 Å². The smallest absolute Gasteiger partial charge is 0.306 e. The summed E-state index contributed by atoms with van der Waals surface area (Å²) in [6.45, 7) is 9.09. The molecule has 0 aromatic heterocycles. The van der Waals surface area contributed by atoms with E-state index < -0.39 is 6.10 Å². The van der Waals surface area contributed by atoms with Gasteiger partial charge in [0.05, 0.1) is 0 Å². The molecule has 0 radical (unpaired) electrons. The van der Waals surface area contributed by atoms with Crippen LogP contribution in [0.2, 0.25) is 0 Å². The number of hydrogen-bond donors (Lipinski definition) is 0. The standard InChI is InChI=1S/C61H118O6/c1-5-8-10-12-14-16-18-20-22-24-25-26-28-29-31-36-40-44-48-52-59(62)65-55-58(56-66-60(63)53-49-45-41-37-34-33-35-39-43-47-51-57(4)7-3)67-61(64)54-50-46-42-38-32-30-27-23-21-19-17-15-13-11-9-6-2/h57-58H,5-56H2,1-4H3/t57?,58-/m0/s1. The summed E-state index contributed by atoms with van der Waals surface area (Å²) < 4.78 is 16.9. The Morgan fingerprint density at radius 2 is 0.522 bits per heavy atom. The lowest BCUT2D eigenvalue weighted by atomic mass is 9.99. The van der Waals surface area contributed by atoms with Gasteiger partial charge in [-0.2, -0.15) is 0 Å². The van der Waals surface area contributed by atoms with Crippen molar-refractivity contribution >= 4 is 17.9 Å². The molecule has 0 aliphatic heterocycles. The number of esters is 3. The second-order valence-corrected chi connectivity index (χ2v) is 21.2. The molecule has 0 saturated carbocycles. The normalized spacial score (nSPS) is 12.4. The van der Waals surface area contributed by atoms with Gasteiger partial charge in [-0.25, -0.2) is 0 Å². The van der Waals surface area contributed by atoms with Gasteiger partial charge in [0.1, 0.15) is 13.2 Å². The number of rotatable bonds is 56. The third-order valence-electron chi connectivity index (χ3n) is 14.4. The molecular formula is C61H118O6. The Balaban J connectivity index is 4.28. The van der Waals surface area contributed by atoms with E-state index in [0.717, 1.165) is 63.7 Å². The van der Waals surface area contributed by atoms with Gasteiger partial charge in [-0.15, -0.1) is 0 Å². The summed E-state index contributed by atoms with van der Waals surface area (Å²) in [7, 11) is 0. The maximum Gasteiger partial charge on any atom is 0.306 e. The van der Waals surface area contributed by atoms with Crippen LogP contribution in [0.5, 0.6) is 0 Å². The molecule has 0 N–H and O–H groups in total. The van der Waals surface area contributed by atoms with E-state index in [1.807, 2.05) is 0 Å². The van der Waals surface area contributed by atoms with Crippen LogP contribution in [0.4, 0.5) is 0 Å². The minimum atomic E-state index is -0.762. The van der Waals surface area contributed by atoms with E-state index in [9.17, 15) is 14.4 Å². The molecule has 1 unspecified atom stereocenters. The van der Waals surface area contributed by atoms with E-state index in [1.165, 1.54) is 244 Å². The van der Waals surface area contributed by atoms with Gasteiger partial charge in [0.25, 0.3) is 0 Å². The minimum Gasteiger partial charge on any atom is -0.462 e. The van der Waals surface area contributed by atoms with Gasteiger partial charge in [-0.1, -0.05) is 310 Å². The molecule has 0 fully saturated rings. The van der Waals surface area contributed by atoms with Crippen molar-refractivity contribution in [1.29, 1.82) is 0 Å². The fourth-order valence-electron chi connectivity index (χ4n) is 9.42. The molecule has 67 heavy (non-hydrogen) atoms. The first-order chi connectivity index (χ1) is 32.9. The Morgan fingerprint density at radius 1 is 0.299 bits per heavy atom. The molecule has 0 spiro atoms. The fraction of sp³-hybridized carbons (Fsp3) is 0.951. The van der Waals surface area contributed by atoms with Gasteiger partial charge in [-0.3, -0.25) is 14.4 Å². The summed E-state index contributed by atoms with van der Waals surface area (Å²) in [4.78, 5) is 38.2. The van der Waals surface area contributed by atoms with Crippen LogP contribution in [-0.2, 0) is 28.6 Å². The average Bonchev–Trinajstić information content (AvgIpc) is 3.33. The maximum atomic E-state index is 12.9. The van der Waals surface area contributed by atoms with E-state index in [2.05, 4.69) is 27.7 Å². The zero-order chi connectivity index (χ0) is 48.8. The highest BCUT2D eigenvalue weighted by Crippen LogP contribution is 2.19. The largest absolute Gasteiger partial charge is 0.462 e. The molecule has 0 bridgehead atoms. The first-order valence-electron chi connectivity index (χ1n) is 30.4. The number of hydrogen-bond acceptors (Lipinski definition) is 6. The number of carbonyl (C=O) groups is 3. The number of carbonyl (C=O) groups excluding carboxylic acids is 3.